The molecule has 6 nitrogen and oxygen atoms in total. The van der Waals surface area contributed by atoms with E-state index in [0.29, 0.717) is 5.75 Å². The molecule has 0 radical (unpaired) electrons. The van der Waals surface area contributed by atoms with Crippen LogP contribution >= 0.6 is 0 Å². The second-order valence-corrected chi connectivity index (χ2v) is 2.89. The number of aliphatic imine (C=N–C) groups is 1. The molecule has 0 aliphatic heterocycles. The molecule has 17 heavy (non-hydrogen) atoms. The number of carbonyl (C=O) groups is 1. The van der Waals surface area contributed by atoms with Gasteiger partial charge in [-0.05, 0) is 12.1 Å². The number of rotatable bonds is 4. The monoisotopic (exact) mass is 237 g/mol. The van der Waals surface area contributed by atoms with Crippen LogP contribution < -0.4 is 9.47 Å². The molecule has 1 aromatic rings. The number of isocyanates is 1. The number of benzene rings is 1. The Labute approximate surface area is 97.8 Å². The van der Waals surface area contributed by atoms with E-state index in [0.717, 1.165) is 0 Å². The fourth-order valence-corrected chi connectivity index (χ4v) is 1.34. The molecule has 6 heteroatoms. The summed E-state index contributed by atoms with van der Waals surface area (Å²) in [6, 6.07) is 2.96. The normalized spacial score (nSPS) is 9.12. The topological polar surface area (TPSA) is 74.2 Å². The van der Waals surface area contributed by atoms with Crippen LogP contribution in [0.15, 0.2) is 17.1 Å². The van der Waals surface area contributed by atoms with E-state index in [9.17, 15) is 9.59 Å². The molecule has 1 rings (SSSR count). The van der Waals surface area contributed by atoms with E-state index in [-0.39, 0.29) is 17.0 Å². The summed E-state index contributed by atoms with van der Waals surface area (Å²) in [5, 5.41) is 0. The molecule has 0 heterocycles. The smallest absolute Gasteiger partial charge is 0.340 e. The number of methoxy groups -OCH3 is 3. The molecule has 0 aliphatic rings. The minimum Gasteiger partial charge on any atom is -0.493 e. The number of hydrogen-bond acceptors (Lipinski definition) is 6. The summed E-state index contributed by atoms with van der Waals surface area (Å²) in [7, 11) is 4.04. The van der Waals surface area contributed by atoms with Gasteiger partial charge in [0.2, 0.25) is 6.08 Å². The van der Waals surface area contributed by atoms with Crippen LogP contribution in [0.2, 0.25) is 0 Å². The number of nitrogens with zero attached hydrogens (tertiary/aromatic N) is 1. The van der Waals surface area contributed by atoms with Crippen molar-refractivity contribution in [1.82, 2.24) is 0 Å². The first-order chi connectivity index (χ1) is 8.19. The molecular weight excluding hydrogens is 226 g/mol. The third-order valence-electron chi connectivity index (χ3n) is 2.08. The lowest BCUT2D eigenvalue weighted by Gasteiger charge is -2.11. The highest BCUT2D eigenvalue weighted by atomic mass is 16.5. The Balaban J connectivity index is 3.52. The third kappa shape index (κ3) is 2.43. The minimum absolute atomic E-state index is 0.0358. The summed E-state index contributed by atoms with van der Waals surface area (Å²) in [6.07, 6.45) is 1.36. The van der Waals surface area contributed by atoms with E-state index in [1.165, 1.54) is 39.5 Å². The summed E-state index contributed by atoms with van der Waals surface area (Å²) in [5.74, 6) is -0.0899. The van der Waals surface area contributed by atoms with Gasteiger partial charge in [0.15, 0.2) is 11.5 Å². The minimum atomic E-state index is -0.625. The zero-order valence-corrected chi connectivity index (χ0v) is 9.64. The highest BCUT2D eigenvalue weighted by molar-refractivity contribution is 5.97. The molecule has 0 bridgehead atoms. The molecule has 0 saturated heterocycles. The zero-order valence-electron chi connectivity index (χ0n) is 9.64. The first-order valence-electron chi connectivity index (χ1n) is 4.60. The number of esters is 1. The van der Waals surface area contributed by atoms with E-state index >= 15 is 0 Å². The van der Waals surface area contributed by atoms with Crippen LogP contribution in [0.1, 0.15) is 10.4 Å². The lowest BCUT2D eigenvalue weighted by Crippen LogP contribution is -2.03. The molecule has 0 saturated carbocycles. The Kier molecular flexibility index (Phi) is 4.25. The second kappa shape index (κ2) is 5.67. The van der Waals surface area contributed by atoms with E-state index < -0.39 is 5.97 Å². The molecule has 0 fully saturated rings. The van der Waals surface area contributed by atoms with Crippen LogP contribution in [-0.2, 0) is 9.53 Å². The highest BCUT2D eigenvalue weighted by Gasteiger charge is 2.19. The zero-order chi connectivity index (χ0) is 12.8. The van der Waals surface area contributed by atoms with Gasteiger partial charge in [-0.15, -0.1) is 0 Å². The lowest BCUT2D eigenvalue weighted by atomic mass is 10.1. The van der Waals surface area contributed by atoms with Gasteiger partial charge < -0.3 is 14.2 Å². The predicted octanol–water partition coefficient (Wildman–Crippen LogP) is 1.46. The molecule has 0 spiro atoms. The van der Waals surface area contributed by atoms with E-state index in [4.69, 9.17) is 9.47 Å². The third-order valence-corrected chi connectivity index (χ3v) is 2.08. The highest BCUT2D eigenvalue weighted by Crippen LogP contribution is 2.39. The largest absolute Gasteiger partial charge is 0.493 e. The quantitative estimate of drug-likeness (QED) is 0.450. The Morgan fingerprint density at radius 2 is 1.94 bits per heavy atom. The molecule has 0 unspecified atom stereocenters. The van der Waals surface area contributed by atoms with Crippen molar-refractivity contribution >= 4 is 17.7 Å². The Morgan fingerprint density at radius 1 is 1.24 bits per heavy atom. The standard InChI is InChI=1S/C11H11NO5/c1-15-8-5-4-7(11(14)17-3)9(12-6-13)10(8)16-2/h4-5H,1-3H3. The van der Waals surface area contributed by atoms with Gasteiger partial charge in [0.1, 0.15) is 5.69 Å². The van der Waals surface area contributed by atoms with Gasteiger partial charge in [-0.2, -0.15) is 4.99 Å². The first kappa shape index (κ1) is 12.7. The maximum atomic E-state index is 11.5. The molecular formula is C11H11NO5. The second-order valence-electron chi connectivity index (χ2n) is 2.89. The van der Waals surface area contributed by atoms with E-state index in [1.54, 1.807) is 0 Å². The van der Waals surface area contributed by atoms with Gasteiger partial charge in [0.05, 0.1) is 26.9 Å². The van der Waals surface area contributed by atoms with Crippen LogP contribution in [0.25, 0.3) is 0 Å². The van der Waals surface area contributed by atoms with Crippen LogP contribution in [0.5, 0.6) is 11.5 Å². The number of carbonyl (C=O) groups excluding carboxylic acids is 2. The van der Waals surface area contributed by atoms with Gasteiger partial charge in [-0.1, -0.05) is 0 Å². The fourth-order valence-electron chi connectivity index (χ4n) is 1.34. The van der Waals surface area contributed by atoms with Gasteiger partial charge in [-0.25, -0.2) is 9.59 Å². The van der Waals surface area contributed by atoms with Crippen molar-refractivity contribution < 1.29 is 23.8 Å². The van der Waals surface area contributed by atoms with Crippen molar-refractivity contribution in [1.29, 1.82) is 0 Å². The summed E-state index contributed by atoms with van der Waals surface area (Å²) >= 11 is 0. The van der Waals surface area contributed by atoms with Gasteiger partial charge in [0.25, 0.3) is 0 Å². The molecule has 0 aromatic heterocycles. The molecule has 0 N–H and O–H groups in total. The first-order valence-corrected chi connectivity index (χ1v) is 4.60. The van der Waals surface area contributed by atoms with Crippen molar-refractivity contribution in [2.45, 2.75) is 0 Å². The molecule has 0 atom stereocenters. The SMILES string of the molecule is COC(=O)c1ccc(OC)c(OC)c1N=C=O. The summed E-state index contributed by atoms with van der Waals surface area (Å²) < 4.78 is 14.6. The van der Waals surface area contributed by atoms with Crippen LogP contribution in [0.3, 0.4) is 0 Å². The predicted molar refractivity (Wildman–Crippen MR) is 58.7 cm³/mol. The van der Waals surface area contributed by atoms with Crippen LogP contribution in [-0.4, -0.2) is 33.4 Å². The maximum Gasteiger partial charge on any atom is 0.340 e. The lowest BCUT2D eigenvalue weighted by molar-refractivity contribution is 0.0601. The number of hydrogen-bond donors (Lipinski definition) is 0. The van der Waals surface area contributed by atoms with Crippen molar-refractivity contribution in [3.63, 3.8) is 0 Å². The van der Waals surface area contributed by atoms with E-state index in [2.05, 4.69) is 9.73 Å². The summed E-state index contributed by atoms with van der Waals surface area (Å²) in [4.78, 5) is 25.3. The average molecular weight is 237 g/mol. The van der Waals surface area contributed by atoms with Gasteiger partial charge >= 0.3 is 5.97 Å². The summed E-state index contributed by atoms with van der Waals surface area (Å²) in [6.45, 7) is 0. The van der Waals surface area contributed by atoms with Crippen LogP contribution in [0, 0.1) is 0 Å². The van der Waals surface area contributed by atoms with E-state index in [1.807, 2.05) is 0 Å². The number of ether oxygens (including phenoxy) is 3. The molecule has 1 aromatic carbocycles. The van der Waals surface area contributed by atoms with Crippen molar-refractivity contribution in [3.05, 3.63) is 17.7 Å². The Hall–Kier alpha value is -2.33. The summed E-state index contributed by atoms with van der Waals surface area (Å²) in [5.41, 5.74) is 0.141. The fraction of sp³-hybridized carbons (Fsp3) is 0.273. The maximum absolute atomic E-state index is 11.5. The average Bonchev–Trinajstić information content (AvgIpc) is 2.37. The Bertz CT molecular complexity index is 477. The Morgan fingerprint density at radius 3 is 2.41 bits per heavy atom. The van der Waals surface area contributed by atoms with Crippen molar-refractivity contribution in [3.8, 4) is 11.5 Å². The van der Waals surface area contributed by atoms with Gasteiger partial charge in [-0.3, -0.25) is 0 Å². The molecule has 0 aliphatic carbocycles. The van der Waals surface area contributed by atoms with Crippen LogP contribution in [0.4, 0.5) is 5.69 Å². The van der Waals surface area contributed by atoms with Gasteiger partial charge in [0, 0.05) is 0 Å². The van der Waals surface area contributed by atoms with Crippen molar-refractivity contribution in [2.75, 3.05) is 21.3 Å². The molecule has 0 amide bonds. The van der Waals surface area contributed by atoms with Crippen molar-refractivity contribution in [2.24, 2.45) is 4.99 Å². The molecule has 90 valence electrons.